The molecule has 0 radical (unpaired) electrons. The fourth-order valence-electron chi connectivity index (χ4n) is 3.15. The highest BCUT2D eigenvalue weighted by atomic mass is 15.1. The van der Waals surface area contributed by atoms with E-state index < -0.39 is 0 Å². The quantitative estimate of drug-likeness (QED) is 0.739. The summed E-state index contributed by atoms with van der Waals surface area (Å²) in [4.78, 5) is 2.62. The molecule has 2 nitrogen and oxygen atoms in total. The highest BCUT2D eigenvalue weighted by molar-refractivity contribution is 4.85. The lowest BCUT2D eigenvalue weighted by Gasteiger charge is -2.38. The molecule has 0 saturated heterocycles. The first-order valence-corrected chi connectivity index (χ1v) is 7.57. The van der Waals surface area contributed by atoms with Crippen LogP contribution in [0.2, 0.25) is 0 Å². The maximum Gasteiger partial charge on any atom is 0.00385 e. The minimum Gasteiger partial charge on any atom is -0.330 e. The largest absolute Gasteiger partial charge is 0.330 e. The minimum absolute atomic E-state index is 0.471. The van der Waals surface area contributed by atoms with Gasteiger partial charge < -0.3 is 10.6 Å². The van der Waals surface area contributed by atoms with Gasteiger partial charge in [-0.2, -0.15) is 0 Å². The second kappa shape index (κ2) is 7.38. The monoisotopic (exact) mass is 240 g/mol. The number of nitrogens with zero attached hydrogens (tertiary/aromatic N) is 1. The molecule has 2 N–H and O–H groups in total. The van der Waals surface area contributed by atoms with E-state index in [0.29, 0.717) is 11.5 Å². The van der Waals surface area contributed by atoms with Crippen LogP contribution in [0.5, 0.6) is 0 Å². The Hall–Kier alpha value is -0.0800. The topological polar surface area (TPSA) is 29.3 Å². The molecule has 1 aliphatic carbocycles. The highest BCUT2D eigenvalue weighted by Gasteiger charge is 2.30. The van der Waals surface area contributed by atoms with Gasteiger partial charge in [0.1, 0.15) is 0 Å². The van der Waals surface area contributed by atoms with Crippen LogP contribution in [-0.2, 0) is 0 Å². The Morgan fingerprint density at radius 1 is 1.12 bits per heavy atom. The molecule has 0 bridgehead atoms. The van der Waals surface area contributed by atoms with Crippen molar-refractivity contribution < 1.29 is 0 Å². The summed E-state index contributed by atoms with van der Waals surface area (Å²) in [5.41, 5.74) is 6.53. The third-order valence-corrected chi connectivity index (χ3v) is 4.52. The van der Waals surface area contributed by atoms with Crippen molar-refractivity contribution in [2.24, 2.45) is 11.1 Å². The van der Waals surface area contributed by atoms with Crippen molar-refractivity contribution in [1.29, 1.82) is 0 Å². The summed E-state index contributed by atoms with van der Waals surface area (Å²) in [6.07, 6.45) is 9.50. The third-order valence-electron chi connectivity index (χ3n) is 4.52. The first-order valence-electron chi connectivity index (χ1n) is 7.57. The van der Waals surface area contributed by atoms with Crippen molar-refractivity contribution in [1.82, 2.24) is 4.90 Å². The van der Waals surface area contributed by atoms with E-state index >= 15 is 0 Å². The molecule has 0 aromatic heterocycles. The van der Waals surface area contributed by atoms with E-state index in [0.717, 1.165) is 6.54 Å². The number of rotatable bonds is 7. The molecule has 0 amide bonds. The molecular formula is C15H32N2. The summed E-state index contributed by atoms with van der Waals surface area (Å²) < 4.78 is 0. The highest BCUT2D eigenvalue weighted by Crippen LogP contribution is 2.38. The zero-order chi connectivity index (χ0) is 12.7. The molecule has 2 heteroatoms. The van der Waals surface area contributed by atoms with Gasteiger partial charge in [0.05, 0.1) is 0 Å². The van der Waals surface area contributed by atoms with E-state index in [1.54, 1.807) is 0 Å². The second-order valence-corrected chi connectivity index (χ2v) is 6.14. The lowest BCUT2D eigenvalue weighted by atomic mass is 9.72. The normalized spacial score (nSPS) is 20.1. The SMILES string of the molecule is CCCN(CCC1(CN)CCCCC1)C(C)C. The van der Waals surface area contributed by atoms with Crippen molar-refractivity contribution >= 4 is 0 Å². The van der Waals surface area contributed by atoms with Gasteiger partial charge in [0, 0.05) is 6.04 Å². The molecular weight excluding hydrogens is 208 g/mol. The van der Waals surface area contributed by atoms with Gasteiger partial charge >= 0.3 is 0 Å². The van der Waals surface area contributed by atoms with Crippen LogP contribution in [0, 0.1) is 5.41 Å². The fraction of sp³-hybridized carbons (Fsp3) is 1.00. The predicted octanol–water partition coefficient (Wildman–Crippen LogP) is 3.41. The summed E-state index contributed by atoms with van der Waals surface area (Å²) in [6, 6.07) is 0.674. The lowest BCUT2D eigenvalue weighted by molar-refractivity contribution is 0.132. The van der Waals surface area contributed by atoms with Gasteiger partial charge in [0.2, 0.25) is 0 Å². The lowest BCUT2D eigenvalue weighted by Crippen LogP contribution is -2.39. The second-order valence-electron chi connectivity index (χ2n) is 6.14. The van der Waals surface area contributed by atoms with Crippen LogP contribution in [0.4, 0.5) is 0 Å². The van der Waals surface area contributed by atoms with E-state index in [1.165, 1.54) is 58.0 Å². The molecule has 1 rings (SSSR count). The average molecular weight is 240 g/mol. The Balaban J connectivity index is 2.44. The Labute approximate surface area is 108 Å². The van der Waals surface area contributed by atoms with E-state index in [2.05, 4.69) is 25.7 Å². The van der Waals surface area contributed by atoms with Crippen LogP contribution in [-0.4, -0.2) is 30.6 Å². The zero-order valence-electron chi connectivity index (χ0n) is 12.2. The maximum atomic E-state index is 6.06. The first kappa shape index (κ1) is 15.0. The zero-order valence-corrected chi connectivity index (χ0v) is 12.2. The van der Waals surface area contributed by atoms with E-state index in [9.17, 15) is 0 Å². The number of hydrogen-bond donors (Lipinski definition) is 1. The van der Waals surface area contributed by atoms with Crippen molar-refractivity contribution in [3.8, 4) is 0 Å². The molecule has 17 heavy (non-hydrogen) atoms. The Morgan fingerprint density at radius 3 is 2.24 bits per heavy atom. The summed E-state index contributed by atoms with van der Waals surface area (Å²) in [5.74, 6) is 0. The van der Waals surface area contributed by atoms with Gasteiger partial charge in [-0.3, -0.25) is 0 Å². The van der Waals surface area contributed by atoms with Gasteiger partial charge in [0.25, 0.3) is 0 Å². The summed E-state index contributed by atoms with van der Waals surface area (Å²) in [7, 11) is 0. The van der Waals surface area contributed by atoms with Crippen LogP contribution in [0.15, 0.2) is 0 Å². The first-order chi connectivity index (χ1) is 8.13. The van der Waals surface area contributed by atoms with Crippen LogP contribution >= 0.6 is 0 Å². The van der Waals surface area contributed by atoms with Crippen molar-refractivity contribution in [2.45, 2.75) is 71.8 Å². The van der Waals surface area contributed by atoms with Crippen molar-refractivity contribution in [3.05, 3.63) is 0 Å². The molecule has 0 atom stereocenters. The third kappa shape index (κ3) is 4.59. The van der Waals surface area contributed by atoms with Gasteiger partial charge in [-0.15, -0.1) is 0 Å². The average Bonchev–Trinajstić information content (AvgIpc) is 2.35. The minimum atomic E-state index is 0.471. The number of nitrogens with two attached hydrogens (primary N) is 1. The van der Waals surface area contributed by atoms with E-state index in [-0.39, 0.29) is 0 Å². The molecule has 0 spiro atoms. The fourth-order valence-corrected chi connectivity index (χ4v) is 3.15. The molecule has 0 aromatic carbocycles. The molecule has 0 unspecified atom stereocenters. The Bertz CT molecular complexity index is 195. The van der Waals surface area contributed by atoms with Gasteiger partial charge in [-0.25, -0.2) is 0 Å². The van der Waals surface area contributed by atoms with Crippen LogP contribution in [0.25, 0.3) is 0 Å². The van der Waals surface area contributed by atoms with E-state index in [1.807, 2.05) is 0 Å². The summed E-state index contributed by atoms with van der Waals surface area (Å²) in [6.45, 7) is 10.3. The molecule has 0 aliphatic heterocycles. The molecule has 1 saturated carbocycles. The molecule has 1 fully saturated rings. The van der Waals surface area contributed by atoms with E-state index in [4.69, 9.17) is 5.73 Å². The van der Waals surface area contributed by atoms with Crippen molar-refractivity contribution in [2.75, 3.05) is 19.6 Å². The Kier molecular flexibility index (Phi) is 6.50. The Morgan fingerprint density at radius 2 is 1.76 bits per heavy atom. The van der Waals surface area contributed by atoms with Crippen molar-refractivity contribution in [3.63, 3.8) is 0 Å². The molecule has 0 aromatic rings. The molecule has 102 valence electrons. The number of hydrogen-bond acceptors (Lipinski definition) is 2. The van der Waals surface area contributed by atoms with Gasteiger partial charge in [0.15, 0.2) is 0 Å². The summed E-state index contributed by atoms with van der Waals surface area (Å²) >= 11 is 0. The smallest absolute Gasteiger partial charge is 0.00385 e. The van der Waals surface area contributed by atoms with Crippen LogP contribution in [0.1, 0.15) is 65.7 Å². The molecule has 1 aliphatic rings. The van der Waals surface area contributed by atoms with Crippen LogP contribution < -0.4 is 5.73 Å². The maximum absolute atomic E-state index is 6.06. The molecule has 0 heterocycles. The van der Waals surface area contributed by atoms with Gasteiger partial charge in [-0.1, -0.05) is 26.2 Å². The summed E-state index contributed by atoms with van der Waals surface area (Å²) in [5, 5.41) is 0. The predicted molar refractivity (Wildman–Crippen MR) is 76.2 cm³/mol. The van der Waals surface area contributed by atoms with Crippen LogP contribution in [0.3, 0.4) is 0 Å². The van der Waals surface area contributed by atoms with Gasteiger partial charge in [-0.05, 0) is 64.6 Å². The standard InChI is InChI=1S/C15H32N2/c1-4-11-17(14(2)3)12-10-15(13-16)8-6-5-7-9-15/h14H,4-13,16H2,1-3H3.